The van der Waals surface area contributed by atoms with Crippen molar-refractivity contribution in [2.45, 2.75) is 20.3 Å². The van der Waals surface area contributed by atoms with E-state index >= 15 is 0 Å². The van der Waals surface area contributed by atoms with Crippen LogP contribution in [-0.2, 0) is 4.79 Å². The fourth-order valence-electron chi connectivity index (χ4n) is 1.98. The predicted octanol–water partition coefficient (Wildman–Crippen LogP) is 3.78. The summed E-state index contributed by atoms with van der Waals surface area (Å²) < 4.78 is 24.1. The van der Waals surface area contributed by atoms with E-state index in [1.807, 2.05) is 24.3 Å². The first kappa shape index (κ1) is 19.4. The third-order valence-corrected chi connectivity index (χ3v) is 3.44. The van der Waals surface area contributed by atoms with E-state index in [0.717, 1.165) is 17.7 Å². The number of hydrazone groups is 1. The largest absolute Gasteiger partial charge is 0.494 e. The van der Waals surface area contributed by atoms with Crippen LogP contribution in [0.3, 0.4) is 0 Å². The lowest BCUT2D eigenvalue weighted by Crippen LogP contribution is -2.24. The highest BCUT2D eigenvalue weighted by Crippen LogP contribution is 2.15. The third kappa shape index (κ3) is 6.93. The minimum absolute atomic E-state index is 0.0275. The van der Waals surface area contributed by atoms with Gasteiger partial charge in [0, 0.05) is 0 Å². The molecule has 1 N–H and O–H groups in total. The van der Waals surface area contributed by atoms with Crippen molar-refractivity contribution in [1.29, 1.82) is 0 Å². The molecule has 0 aliphatic heterocycles. The van der Waals surface area contributed by atoms with Gasteiger partial charge in [-0.2, -0.15) is 5.10 Å². The van der Waals surface area contributed by atoms with Crippen LogP contribution < -0.4 is 14.9 Å². The van der Waals surface area contributed by atoms with Gasteiger partial charge in [0.25, 0.3) is 5.91 Å². The topological polar surface area (TPSA) is 59.9 Å². The minimum Gasteiger partial charge on any atom is -0.494 e. The number of carbonyl (C=O) groups excluding carboxylic acids is 1. The van der Waals surface area contributed by atoms with Crippen LogP contribution in [0.1, 0.15) is 25.8 Å². The number of rotatable bonds is 9. The molecule has 0 unspecified atom stereocenters. The monoisotopic (exact) mass is 358 g/mol. The van der Waals surface area contributed by atoms with Crippen molar-refractivity contribution in [1.82, 2.24) is 5.43 Å². The molecule has 0 aliphatic carbocycles. The zero-order chi connectivity index (χ0) is 18.8. The average molecular weight is 358 g/mol. The summed E-state index contributed by atoms with van der Waals surface area (Å²) in [5.74, 6) is 0.440. The molecular weight excluding hydrogens is 335 g/mol. The van der Waals surface area contributed by atoms with Crippen molar-refractivity contribution >= 4 is 12.1 Å². The molecule has 26 heavy (non-hydrogen) atoms. The van der Waals surface area contributed by atoms with Gasteiger partial charge < -0.3 is 9.47 Å². The van der Waals surface area contributed by atoms with Crippen LogP contribution in [-0.4, -0.2) is 25.3 Å². The van der Waals surface area contributed by atoms with Crippen LogP contribution in [0.2, 0.25) is 0 Å². The summed E-state index contributed by atoms with van der Waals surface area (Å²) in [6.45, 7) is 4.67. The first-order valence-corrected chi connectivity index (χ1v) is 8.46. The molecule has 0 fully saturated rings. The van der Waals surface area contributed by atoms with Gasteiger partial charge in [-0.05, 0) is 54.3 Å². The van der Waals surface area contributed by atoms with Crippen LogP contribution in [0, 0.1) is 11.7 Å². The molecule has 0 aromatic heterocycles. The van der Waals surface area contributed by atoms with Gasteiger partial charge in [-0.1, -0.05) is 26.0 Å². The first-order valence-electron chi connectivity index (χ1n) is 8.46. The number of para-hydroxylation sites is 1. The van der Waals surface area contributed by atoms with Gasteiger partial charge in [0.2, 0.25) is 0 Å². The number of ether oxygens (including phenoxy) is 2. The third-order valence-electron chi connectivity index (χ3n) is 3.44. The summed E-state index contributed by atoms with van der Waals surface area (Å²) in [5.41, 5.74) is 3.15. The molecule has 0 saturated heterocycles. The average Bonchev–Trinajstić information content (AvgIpc) is 2.62. The Hall–Kier alpha value is -2.89. The Morgan fingerprint density at radius 1 is 1.15 bits per heavy atom. The predicted molar refractivity (Wildman–Crippen MR) is 99.0 cm³/mol. The number of amides is 1. The van der Waals surface area contributed by atoms with E-state index in [9.17, 15) is 9.18 Å². The van der Waals surface area contributed by atoms with Crippen molar-refractivity contribution in [2.75, 3.05) is 13.2 Å². The van der Waals surface area contributed by atoms with Crippen molar-refractivity contribution < 1.29 is 18.7 Å². The Morgan fingerprint density at radius 2 is 1.88 bits per heavy atom. The standard InChI is InChI=1S/C20H23FN2O3/c1-15(2)11-12-25-17-9-7-16(8-10-17)13-22-23-20(24)14-26-19-6-4-3-5-18(19)21/h3-10,13,15H,11-12,14H2,1-2H3,(H,23,24)/b22-13+. The lowest BCUT2D eigenvalue weighted by Gasteiger charge is -2.08. The molecule has 0 aliphatic rings. The van der Waals surface area contributed by atoms with Gasteiger partial charge in [0.1, 0.15) is 5.75 Å². The number of carbonyl (C=O) groups is 1. The second-order valence-corrected chi connectivity index (χ2v) is 6.11. The summed E-state index contributed by atoms with van der Waals surface area (Å²) in [5, 5.41) is 3.85. The molecule has 0 spiro atoms. The fourth-order valence-corrected chi connectivity index (χ4v) is 1.98. The maximum atomic E-state index is 13.4. The Bertz CT molecular complexity index is 730. The van der Waals surface area contributed by atoms with Crippen molar-refractivity contribution in [3.05, 3.63) is 59.9 Å². The quantitative estimate of drug-likeness (QED) is 0.548. The highest BCUT2D eigenvalue weighted by Gasteiger charge is 2.05. The fraction of sp³-hybridized carbons (Fsp3) is 0.300. The van der Waals surface area contributed by atoms with Gasteiger partial charge >= 0.3 is 0 Å². The van der Waals surface area contributed by atoms with Gasteiger partial charge in [-0.3, -0.25) is 4.79 Å². The van der Waals surface area contributed by atoms with Crippen LogP contribution >= 0.6 is 0 Å². The molecule has 2 rings (SSSR count). The Balaban J connectivity index is 1.73. The summed E-state index contributed by atoms with van der Waals surface area (Å²) >= 11 is 0. The van der Waals surface area contributed by atoms with Crippen LogP contribution in [0.15, 0.2) is 53.6 Å². The van der Waals surface area contributed by atoms with Crippen molar-refractivity contribution in [2.24, 2.45) is 11.0 Å². The van der Waals surface area contributed by atoms with Crippen LogP contribution in [0.25, 0.3) is 0 Å². The van der Waals surface area contributed by atoms with Gasteiger partial charge in [0.05, 0.1) is 12.8 Å². The molecule has 5 nitrogen and oxygen atoms in total. The molecule has 6 heteroatoms. The van der Waals surface area contributed by atoms with Crippen molar-refractivity contribution in [3.8, 4) is 11.5 Å². The Kier molecular flexibility index (Phi) is 7.61. The minimum atomic E-state index is -0.514. The number of nitrogens with one attached hydrogen (secondary N) is 1. The van der Waals surface area contributed by atoms with E-state index in [4.69, 9.17) is 9.47 Å². The normalized spacial score (nSPS) is 10.9. The highest BCUT2D eigenvalue weighted by atomic mass is 19.1. The molecule has 0 radical (unpaired) electrons. The number of hydrogen-bond donors (Lipinski definition) is 1. The lowest BCUT2D eigenvalue weighted by atomic mass is 10.1. The van der Waals surface area contributed by atoms with Gasteiger partial charge in [0.15, 0.2) is 18.2 Å². The van der Waals surface area contributed by atoms with Crippen LogP contribution in [0.5, 0.6) is 11.5 Å². The second kappa shape index (κ2) is 10.2. The number of nitrogens with zero attached hydrogens (tertiary/aromatic N) is 1. The summed E-state index contributed by atoms with van der Waals surface area (Å²) in [6, 6.07) is 13.3. The van der Waals surface area contributed by atoms with Crippen LogP contribution in [0.4, 0.5) is 4.39 Å². The molecule has 0 heterocycles. The van der Waals surface area contributed by atoms with E-state index in [1.54, 1.807) is 12.1 Å². The molecular formula is C20H23FN2O3. The summed E-state index contributed by atoms with van der Waals surface area (Å²) in [7, 11) is 0. The molecule has 0 bridgehead atoms. The first-order chi connectivity index (χ1) is 12.5. The number of halogens is 1. The zero-order valence-electron chi connectivity index (χ0n) is 14.9. The molecule has 2 aromatic rings. The maximum absolute atomic E-state index is 13.4. The smallest absolute Gasteiger partial charge is 0.277 e. The summed E-state index contributed by atoms with van der Waals surface area (Å²) in [4.78, 5) is 11.7. The molecule has 138 valence electrons. The van der Waals surface area contributed by atoms with E-state index in [0.29, 0.717) is 12.5 Å². The van der Waals surface area contributed by atoms with Gasteiger partial charge in [-0.15, -0.1) is 0 Å². The SMILES string of the molecule is CC(C)CCOc1ccc(/C=N/NC(=O)COc2ccccc2F)cc1. The maximum Gasteiger partial charge on any atom is 0.277 e. The number of hydrogen-bond acceptors (Lipinski definition) is 4. The molecule has 2 aromatic carbocycles. The number of benzene rings is 2. The molecule has 1 amide bonds. The Labute approximate surface area is 152 Å². The van der Waals surface area contributed by atoms with E-state index in [1.165, 1.54) is 18.3 Å². The lowest BCUT2D eigenvalue weighted by molar-refractivity contribution is -0.123. The molecule has 0 atom stereocenters. The zero-order valence-corrected chi connectivity index (χ0v) is 14.9. The second-order valence-electron chi connectivity index (χ2n) is 6.11. The Morgan fingerprint density at radius 3 is 2.58 bits per heavy atom. The summed E-state index contributed by atoms with van der Waals surface area (Å²) in [6.07, 6.45) is 2.52. The van der Waals surface area contributed by atoms with Gasteiger partial charge in [-0.25, -0.2) is 9.82 Å². The van der Waals surface area contributed by atoms with E-state index < -0.39 is 11.7 Å². The van der Waals surface area contributed by atoms with E-state index in [-0.39, 0.29) is 12.4 Å². The highest BCUT2D eigenvalue weighted by molar-refractivity contribution is 5.83. The van der Waals surface area contributed by atoms with Crippen molar-refractivity contribution in [3.63, 3.8) is 0 Å². The van der Waals surface area contributed by atoms with E-state index in [2.05, 4.69) is 24.4 Å². The molecule has 0 saturated carbocycles.